The van der Waals surface area contributed by atoms with Crippen LogP contribution in [0.3, 0.4) is 0 Å². The quantitative estimate of drug-likeness (QED) is 0.836. The topological polar surface area (TPSA) is 54.0 Å². The fourth-order valence-corrected chi connectivity index (χ4v) is 3.33. The van der Waals surface area contributed by atoms with Gasteiger partial charge in [0, 0.05) is 31.9 Å². The van der Waals surface area contributed by atoms with E-state index in [2.05, 4.69) is 10.2 Å². The second-order valence-electron chi connectivity index (χ2n) is 6.15. The summed E-state index contributed by atoms with van der Waals surface area (Å²) >= 11 is 6.18. The number of nitrogens with zero attached hydrogens (tertiary/aromatic N) is 2. The Morgan fingerprint density at radius 1 is 1.11 bits per heavy atom. The highest BCUT2D eigenvalue weighted by atomic mass is 35.5. The van der Waals surface area contributed by atoms with Gasteiger partial charge < -0.3 is 24.6 Å². The lowest BCUT2D eigenvalue weighted by Crippen LogP contribution is -2.50. The number of carbonyl (C=O) groups is 1. The van der Waals surface area contributed by atoms with Gasteiger partial charge in [0.1, 0.15) is 11.5 Å². The molecule has 0 bridgehead atoms. The molecule has 0 spiro atoms. The van der Waals surface area contributed by atoms with Crippen LogP contribution < -0.4 is 19.7 Å². The fraction of sp³-hybridized carbons (Fsp3) is 0.350. The highest BCUT2D eigenvalue weighted by molar-refractivity contribution is 6.32. The average molecular weight is 390 g/mol. The summed E-state index contributed by atoms with van der Waals surface area (Å²) in [6.07, 6.45) is 0. The number of anilines is 2. The van der Waals surface area contributed by atoms with Gasteiger partial charge in [0.25, 0.3) is 0 Å². The summed E-state index contributed by atoms with van der Waals surface area (Å²) in [6.45, 7) is 5.21. The lowest BCUT2D eigenvalue weighted by atomic mass is 10.2. The lowest BCUT2D eigenvalue weighted by Gasteiger charge is -2.36. The molecule has 0 unspecified atom stereocenters. The summed E-state index contributed by atoms with van der Waals surface area (Å²) in [5.41, 5.74) is 1.71. The van der Waals surface area contributed by atoms with E-state index < -0.39 is 0 Å². The number of piperazine rings is 1. The summed E-state index contributed by atoms with van der Waals surface area (Å²) in [4.78, 5) is 16.6. The molecule has 7 heteroatoms. The number of hydrogen-bond donors (Lipinski definition) is 1. The van der Waals surface area contributed by atoms with E-state index in [0.29, 0.717) is 36.2 Å². The monoisotopic (exact) mass is 389 g/mol. The van der Waals surface area contributed by atoms with Crippen molar-refractivity contribution in [3.8, 4) is 11.5 Å². The molecular formula is C20H24ClN3O3. The first-order valence-corrected chi connectivity index (χ1v) is 9.36. The van der Waals surface area contributed by atoms with Crippen LogP contribution in [-0.4, -0.2) is 50.8 Å². The summed E-state index contributed by atoms with van der Waals surface area (Å²) < 4.78 is 10.8. The van der Waals surface area contributed by atoms with Gasteiger partial charge in [-0.05, 0) is 37.3 Å². The van der Waals surface area contributed by atoms with Crippen molar-refractivity contribution in [3.63, 3.8) is 0 Å². The zero-order valence-electron chi connectivity index (χ0n) is 15.6. The van der Waals surface area contributed by atoms with Gasteiger partial charge in [0.05, 0.1) is 24.4 Å². The van der Waals surface area contributed by atoms with Crippen LogP contribution in [-0.2, 0) is 0 Å². The largest absolute Gasteiger partial charge is 0.495 e. The highest BCUT2D eigenvalue weighted by Gasteiger charge is 2.23. The minimum atomic E-state index is -0.130. The second kappa shape index (κ2) is 8.86. The van der Waals surface area contributed by atoms with Gasteiger partial charge in [-0.3, -0.25) is 0 Å². The molecule has 1 fully saturated rings. The Morgan fingerprint density at radius 3 is 2.52 bits per heavy atom. The Morgan fingerprint density at radius 2 is 1.85 bits per heavy atom. The van der Waals surface area contributed by atoms with Crippen molar-refractivity contribution in [2.75, 3.05) is 50.1 Å². The molecule has 144 valence electrons. The molecule has 0 atom stereocenters. The van der Waals surface area contributed by atoms with E-state index in [1.807, 2.05) is 31.2 Å². The summed E-state index contributed by atoms with van der Waals surface area (Å²) in [5.74, 6) is 1.46. The number of nitrogens with one attached hydrogen (secondary N) is 1. The molecule has 0 saturated carbocycles. The van der Waals surface area contributed by atoms with Gasteiger partial charge in [-0.25, -0.2) is 4.79 Å². The van der Waals surface area contributed by atoms with Crippen molar-refractivity contribution in [2.45, 2.75) is 6.92 Å². The van der Waals surface area contributed by atoms with Gasteiger partial charge in [-0.2, -0.15) is 0 Å². The van der Waals surface area contributed by atoms with E-state index in [4.69, 9.17) is 21.1 Å². The Kier molecular flexibility index (Phi) is 6.29. The molecule has 0 radical (unpaired) electrons. The Balaban J connectivity index is 1.58. The molecule has 27 heavy (non-hydrogen) atoms. The number of methoxy groups -OCH3 is 1. The molecule has 1 heterocycles. The number of ether oxygens (including phenoxy) is 2. The van der Waals surface area contributed by atoms with E-state index in [-0.39, 0.29) is 6.03 Å². The van der Waals surface area contributed by atoms with Crippen LogP contribution in [0.2, 0.25) is 5.02 Å². The molecule has 6 nitrogen and oxygen atoms in total. The van der Waals surface area contributed by atoms with Gasteiger partial charge in [0.2, 0.25) is 0 Å². The zero-order chi connectivity index (χ0) is 19.2. The second-order valence-corrected chi connectivity index (χ2v) is 6.56. The standard InChI is InChI=1S/C20H24ClN3O3/c1-3-27-18-9-8-15(14-16(18)21)22-20(25)24-12-10-23(11-13-24)17-6-4-5-7-19(17)26-2/h4-9,14H,3,10-13H2,1-2H3,(H,22,25). The minimum Gasteiger partial charge on any atom is -0.495 e. The zero-order valence-corrected chi connectivity index (χ0v) is 16.3. The van der Waals surface area contributed by atoms with Gasteiger partial charge >= 0.3 is 6.03 Å². The van der Waals surface area contributed by atoms with Crippen molar-refractivity contribution < 1.29 is 14.3 Å². The molecule has 1 aliphatic heterocycles. The maximum absolute atomic E-state index is 12.6. The molecule has 2 aromatic rings. The molecule has 2 aromatic carbocycles. The van der Waals surface area contributed by atoms with Crippen LogP contribution in [0.15, 0.2) is 42.5 Å². The smallest absolute Gasteiger partial charge is 0.321 e. The third kappa shape index (κ3) is 4.57. The number of rotatable bonds is 5. The van der Waals surface area contributed by atoms with Gasteiger partial charge in [-0.1, -0.05) is 23.7 Å². The summed E-state index contributed by atoms with van der Waals surface area (Å²) in [6, 6.07) is 13.1. The maximum Gasteiger partial charge on any atom is 0.321 e. The van der Waals surface area contributed by atoms with E-state index in [1.54, 1.807) is 30.2 Å². The molecular weight excluding hydrogens is 366 g/mol. The molecule has 3 rings (SSSR count). The number of benzene rings is 2. The summed E-state index contributed by atoms with van der Waals surface area (Å²) in [7, 11) is 1.67. The summed E-state index contributed by atoms with van der Waals surface area (Å²) in [5, 5.41) is 3.38. The molecule has 0 aromatic heterocycles. The Bertz CT molecular complexity index is 792. The predicted molar refractivity (Wildman–Crippen MR) is 108 cm³/mol. The number of para-hydroxylation sites is 2. The van der Waals surface area contributed by atoms with Crippen LogP contribution in [0.5, 0.6) is 11.5 Å². The Hall–Kier alpha value is -2.60. The predicted octanol–water partition coefficient (Wildman–Crippen LogP) is 4.10. The SMILES string of the molecule is CCOc1ccc(NC(=O)N2CCN(c3ccccc3OC)CC2)cc1Cl. The number of halogens is 1. The van der Waals surface area contributed by atoms with Crippen molar-refractivity contribution >= 4 is 29.0 Å². The van der Waals surface area contributed by atoms with Crippen LogP contribution in [0.4, 0.5) is 16.2 Å². The van der Waals surface area contributed by atoms with E-state index in [0.717, 1.165) is 24.5 Å². The van der Waals surface area contributed by atoms with Crippen molar-refractivity contribution in [1.82, 2.24) is 4.90 Å². The van der Waals surface area contributed by atoms with Gasteiger partial charge in [-0.15, -0.1) is 0 Å². The van der Waals surface area contributed by atoms with Crippen molar-refractivity contribution in [3.05, 3.63) is 47.5 Å². The van der Waals surface area contributed by atoms with E-state index in [1.165, 1.54) is 0 Å². The average Bonchev–Trinajstić information content (AvgIpc) is 2.70. The minimum absolute atomic E-state index is 0.130. The van der Waals surface area contributed by atoms with Crippen LogP contribution >= 0.6 is 11.6 Å². The van der Waals surface area contributed by atoms with Crippen molar-refractivity contribution in [2.24, 2.45) is 0 Å². The van der Waals surface area contributed by atoms with E-state index in [9.17, 15) is 4.79 Å². The molecule has 0 aliphatic carbocycles. The van der Waals surface area contributed by atoms with E-state index >= 15 is 0 Å². The number of carbonyl (C=O) groups excluding carboxylic acids is 1. The number of urea groups is 1. The Labute approximate surface area is 164 Å². The first kappa shape index (κ1) is 19.2. The lowest BCUT2D eigenvalue weighted by molar-refractivity contribution is 0.208. The molecule has 1 N–H and O–H groups in total. The highest BCUT2D eigenvalue weighted by Crippen LogP contribution is 2.29. The molecule has 1 saturated heterocycles. The number of amides is 2. The van der Waals surface area contributed by atoms with Gasteiger partial charge in [0.15, 0.2) is 0 Å². The third-order valence-corrected chi connectivity index (χ3v) is 4.77. The normalized spacial score (nSPS) is 14.0. The molecule has 2 amide bonds. The van der Waals surface area contributed by atoms with Crippen LogP contribution in [0.25, 0.3) is 0 Å². The first-order valence-electron chi connectivity index (χ1n) is 8.98. The molecule has 1 aliphatic rings. The van der Waals surface area contributed by atoms with Crippen molar-refractivity contribution in [1.29, 1.82) is 0 Å². The maximum atomic E-state index is 12.6. The first-order chi connectivity index (χ1) is 13.1. The number of hydrogen-bond acceptors (Lipinski definition) is 4. The van der Waals surface area contributed by atoms with Crippen LogP contribution in [0, 0.1) is 0 Å². The fourth-order valence-electron chi connectivity index (χ4n) is 3.10. The van der Waals surface area contributed by atoms with Crippen LogP contribution in [0.1, 0.15) is 6.92 Å². The third-order valence-electron chi connectivity index (χ3n) is 4.48.